The molecule has 206 valence electrons. The molecular weight excluding hydrogens is 448 g/mol. The molecule has 2 saturated heterocycles. The van der Waals surface area contributed by atoms with E-state index in [1.807, 2.05) is 27.7 Å². The van der Waals surface area contributed by atoms with Crippen molar-refractivity contribution in [3.63, 3.8) is 0 Å². The number of nitrogens with zero attached hydrogens (tertiary/aromatic N) is 2. The van der Waals surface area contributed by atoms with E-state index in [1.54, 1.807) is 0 Å². The fourth-order valence-electron chi connectivity index (χ4n) is 3.63. The van der Waals surface area contributed by atoms with Gasteiger partial charge in [0.1, 0.15) is 0 Å². The third-order valence-electron chi connectivity index (χ3n) is 6.66. The van der Waals surface area contributed by atoms with Crippen LogP contribution in [0.3, 0.4) is 0 Å². The van der Waals surface area contributed by atoms with E-state index in [9.17, 15) is 9.59 Å². The monoisotopic (exact) mass is 500 g/mol. The number of morpholine rings is 2. The van der Waals surface area contributed by atoms with Crippen molar-refractivity contribution in [2.24, 2.45) is 22.8 Å². The van der Waals surface area contributed by atoms with Crippen molar-refractivity contribution in [1.82, 2.24) is 20.4 Å². The fourth-order valence-corrected chi connectivity index (χ4v) is 3.63. The summed E-state index contributed by atoms with van der Waals surface area (Å²) in [5, 5.41) is 5.81. The lowest BCUT2D eigenvalue weighted by molar-refractivity contribution is -0.125. The van der Waals surface area contributed by atoms with Gasteiger partial charge in [0.25, 0.3) is 0 Å². The Bertz CT molecular complexity index is 589. The summed E-state index contributed by atoms with van der Waals surface area (Å²) in [4.78, 5) is 28.1. The van der Waals surface area contributed by atoms with Gasteiger partial charge in [-0.3, -0.25) is 19.4 Å². The first-order chi connectivity index (χ1) is 16.6. The first-order valence-electron chi connectivity index (χ1n) is 13.2. The van der Waals surface area contributed by atoms with Crippen molar-refractivity contribution >= 4 is 11.8 Å². The molecule has 10 heteroatoms. The van der Waals surface area contributed by atoms with Gasteiger partial charge < -0.3 is 31.6 Å². The van der Waals surface area contributed by atoms with E-state index in [0.29, 0.717) is 13.1 Å². The van der Waals surface area contributed by atoms with Crippen LogP contribution in [0.2, 0.25) is 0 Å². The summed E-state index contributed by atoms with van der Waals surface area (Å²) in [6, 6.07) is -0.828. The highest BCUT2D eigenvalue weighted by Crippen LogP contribution is 2.17. The van der Waals surface area contributed by atoms with Crippen molar-refractivity contribution in [3.8, 4) is 0 Å². The van der Waals surface area contributed by atoms with Gasteiger partial charge >= 0.3 is 0 Å². The van der Waals surface area contributed by atoms with Crippen LogP contribution in [-0.2, 0) is 19.1 Å². The minimum absolute atomic E-state index is 0.0219. The molecule has 0 aromatic rings. The zero-order chi connectivity index (χ0) is 26.3. The molecule has 0 radical (unpaired) electrons. The molecule has 0 aromatic heterocycles. The van der Waals surface area contributed by atoms with Crippen LogP contribution in [0.25, 0.3) is 0 Å². The molecule has 3 unspecified atom stereocenters. The number of carbonyl (C=O) groups excluding carboxylic acids is 2. The minimum Gasteiger partial charge on any atom is -0.379 e. The minimum atomic E-state index is -0.452. The standard InChI is InChI=1S/C13H27N3O2.C12H25N3O2/c1-3-11(2)12(14)13(17)15-5-4-6-16-7-9-18-10-8-16;1-12(2,3)10(13)11(16)14-4-5-15-6-8-17-9-7-15/h11-12H,3-10,14H2,1-2H3,(H,15,17);10H,4-9,13H2,1-3H3,(H,14,16). The van der Waals surface area contributed by atoms with Crippen molar-refractivity contribution in [2.75, 3.05) is 78.8 Å². The molecule has 10 nitrogen and oxygen atoms in total. The second kappa shape index (κ2) is 17.2. The molecule has 2 aliphatic heterocycles. The average Bonchev–Trinajstić information content (AvgIpc) is 2.86. The first-order valence-corrected chi connectivity index (χ1v) is 13.2. The molecule has 2 rings (SSSR count). The van der Waals surface area contributed by atoms with E-state index < -0.39 is 6.04 Å². The maximum Gasteiger partial charge on any atom is 0.237 e. The number of amides is 2. The molecule has 2 amide bonds. The predicted octanol–water partition coefficient (Wildman–Crippen LogP) is 0.00650. The molecule has 0 spiro atoms. The topological polar surface area (TPSA) is 135 Å². The van der Waals surface area contributed by atoms with E-state index in [4.69, 9.17) is 20.9 Å². The largest absolute Gasteiger partial charge is 0.379 e. The molecule has 0 saturated carbocycles. The van der Waals surface area contributed by atoms with Crippen LogP contribution in [0.15, 0.2) is 0 Å². The highest BCUT2D eigenvalue weighted by Gasteiger charge is 2.27. The second-order valence-electron chi connectivity index (χ2n) is 10.6. The van der Waals surface area contributed by atoms with Gasteiger partial charge in [0, 0.05) is 45.8 Å². The SMILES string of the molecule is CC(C)(C)C(N)C(=O)NCCN1CCOCC1.CCC(C)C(N)C(=O)NCCCN1CCOCC1. The third kappa shape index (κ3) is 13.5. The van der Waals surface area contributed by atoms with Crippen LogP contribution < -0.4 is 22.1 Å². The molecule has 0 aliphatic carbocycles. The summed E-state index contributed by atoms with van der Waals surface area (Å²) in [6.07, 6.45) is 1.90. The third-order valence-corrected chi connectivity index (χ3v) is 6.66. The number of nitrogens with two attached hydrogens (primary N) is 2. The van der Waals surface area contributed by atoms with Gasteiger partial charge in [-0.2, -0.15) is 0 Å². The molecule has 2 heterocycles. The number of carbonyl (C=O) groups is 2. The lowest BCUT2D eigenvalue weighted by Gasteiger charge is -2.28. The molecule has 6 N–H and O–H groups in total. The Hall–Kier alpha value is -1.30. The lowest BCUT2D eigenvalue weighted by atomic mass is 9.87. The zero-order valence-corrected chi connectivity index (χ0v) is 22.8. The van der Waals surface area contributed by atoms with Crippen LogP contribution in [0.4, 0.5) is 0 Å². The van der Waals surface area contributed by atoms with Crippen LogP contribution in [0, 0.1) is 11.3 Å². The quantitative estimate of drug-likeness (QED) is 0.291. The summed E-state index contributed by atoms with van der Waals surface area (Å²) in [5.74, 6) is 0.154. The van der Waals surface area contributed by atoms with Gasteiger partial charge in [0.15, 0.2) is 0 Å². The van der Waals surface area contributed by atoms with Crippen molar-refractivity contribution in [3.05, 3.63) is 0 Å². The molecule has 35 heavy (non-hydrogen) atoms. The first kappa shape index (κ1) is 31.7. The van der Waals surface area contributed by atoms with Gasteiger partial charge in [0.05, 0.1) is 38.5 Å². The van der Waals surface area contributed by atoms with Gasteiger partial charge in [-0.1, -0.05) is 41.0 Å². The van der Waals surface area contributed by atoms with Gasteiger partial charge in [0.2, 0.25) is 11.8 Å². The normalized spacial score (nSPS) is 20.2. The summed E-state index contributed by atoms with van der Waals surface area (Å²) < 4.78 is 10.5. The van der Waals surface area contributed by atoms with E-state index >= 15 is 0 Å². The maximum absolute atomic E-state index is 11.8. The summed E-state index contributed by atoms with van der Waals surface area (Å²) in [7, 11) is 0. The van der Waals surface area contributed by atoms with E-state index in [1.165, 1.54) is 0 Å². The molecule has 3 atom stereocenters. The zero-order valence-electron chi connectivity index (χ0n) is 22.8. The van der Waals surface area contributed by atoms with Gasteiger partial charge in [-0.15, -0.1) is 0 Å². The summed E-state index contributed by atoms with van der Waals surface area (Å²) >= 11 is 0. The molecule has 2 aliphatic rings. The smallest absolute Gasteiger partial charge is 0.237 e. The number of hydrogen-bond acceptors (Lipinski definition) is 8. The summed E-state index contributed by atoms with van der Waals surface area (Å²) in [6.45, 7) is 20.3. The Morgan fingerprint density at radius 1 is 0.857 bits per heavy atom. The van der Waals surface area contributed by atoms with E-state index in [2.05, 4.69) is 27.4 Å². The summed E-state index contributed by atoms with van der Waals surface area (Å²) in [5.41, 5.74) is 11.5. The van der Waals surface area contributed by atoms with E-state index in [0.717, 1.165) is 78.5 Å². The predicted molar refractivity (Wildman–Crippen MR) is 140 cm³/mol. The Kier molecular flexibility index (Phi) is 15.6. The van der Waals surface area contributed by atoms with Crippen LogP contribution >= 0.6 is 0 Å². The van der Waals surface area contributed by atoms with Crippen molar-refractivity contribution in [2.45, 2.75) is 59.5 Å². The number of nitrogens with one attached hydrogen (secondary N) is 2. The van der Waals surface area contributed by atoms with Crippen LogP contribution in [0.1, 0.15) is 47.5 Å². The Morgan fingerprint density at radius 3 is 1.83 bits per heavy atom. The highest BCUT2D eigenvalue weighted by atomic mass is 16.5. The number of hydrogen-bond donors (Lipinski definition) is 4. The Morgan fingerprint density at radius 2 is 1.34 bits per heavy atom. The average molecular weight is 501 g/mol. The van der Waals surface area contributed by atoms with Crippen molar-refractivity contribution in [1.29, 1.82) is 0 Å². The second-order valence-corrected chi connectivity index (χ2v) is 10.6. The highest BCUT2D eigenvalue weighted by molar-refractivity contribution is 5.82. The maximum atomic E-state index is 11.8. The van der Waals surface area contributed by atoms with Gasteiger partial charge in [-0.25, -0.2) is 0 Å². The molecule has 0 bridgehead atoms. The Labute approximate surface area is 212 Å². The molecule has 2 fully saturated rings. The lowest BCUT2D eigenvalue weighted by Crippen LogP contribution is -2.50. The number of rotatable bonds is 11. The van der Waals surface area contributed by atoms with Crippen molar-refractivity contribution < 1.29 is 19.1 Å². The van der Waals surface area contributed by atoms with Crippen LogP contribution in [0.5, 0.6) is 0 Å². The van der Waals surface area contributed by atoms with Crippen LogP contribution in [-0.4, -0.2) is 112 Å². The Balaban J connectivity index is 0.000000351. The van der Waals surface area contributed by atoms with E-state index in [-0.39, 0.29) is 29.2 Å². The fraction of sp³-hybridized carbons (Fsp3) is 0.920. The number of ether oxygens (including phenoxy) is 2. The van der Waals surface area contributed by atoms with Gasteiger partial charge in [-0.05, 0) is 24.3 Å². The molecular formula is C25H52N6O4. The molecule has 0 aromatic carbocycles.